The molecule has 0 bridgehead atoms. The summed E-state index contributed by atoms with van der Waals surface area (Å²) in [5, 5.41) is 3.45. The summed E-state index contributed by atoms with van der Waals surface area (Å²) in [5.41, 5.74) is 0.535. The van der Waals surface area contributed by atoms with E-state index in [4.69, 9.17) is 11.6 Å². The minimum atomic E-state index is -0.420. The first-order chi connectivity index (χ1) is 8.61. The first-order valence-electron chi connectivity index (χ1n) is 6.12. The smallest absolute Gasteiger partial charge is 0.244 e. The molecule has 3 nitrogen and oxygen atoms in total. The number of rotatable bonds is 3. The monoisotopic (exact) mass is 270 g/mol. The molecule has 1 fully saturated rings. The molecule has 5 heteroatoms. The van der Waals surface area contributed by atoms with Gasteiger partial charge in [0.2, 0.25) is 5.91 Å². The molecule has 1 saturated heterocycles. The first kappa shape index (κ1) is 13.3. The summed E-state index contributed by atoms with van der Waals surface area (Å²) in [5.74, 6) is -0.430. The number of nitrogens with zero attached hydrogens (tertiary/aromatic N) is 1. The van der Waals surface area contributed by atoms with Crippen molar-refractivity contribution >= 4 is 23.2 Å². The normalized spacial score (nSPS) is 20.3. The van der Waals surface area contributed by atoms with Crippen molar-refractivity contribution in [2.24, 2.45) is 0 Å². The number of halogens is 2. The van der Waals surface area contributed by atoms with Gasteiger partial charge < -0.3 is 10.2 Å². The number of hydrogen-bond acceptors (Lipinski definition) is 2. The molecule has 98 valence electrons. The molecule has 1 aromatic carbocycles. The minimum absolute atomic E-state index is 0.00948. The van der Waals surface area contributed by atoms with Gasteiger partial charge in [0.1, 0.15) is 5.82 Å². The fourth-order valence-corrected chi connectivity index (χ4v) is 2.48. The summed E-state index contributed by atoms with van der Waals surface area (Å²) in [4.78, 5) is 13.8. The second-order valence-corrected chi connectivity index (χ2v) is 4.81. The zero-order valence-electron chi connectivity index (χ0n) is 10.2. The van der Waals surface area contributed by atoms with Crippen LogP contribution in [0.2, 0.25) is 5.02 Å². The third-order valence-corrected chi connectivity index (χ3v) is 3.27. The third-order valence-electron chi connectivity index (χ3n) is 3.05. The third kappa shape index (κ3) is 2.82. The van der Waals surface area contributed by atoms with E-state index in [1.54, 1.807) is 11.0 Å². The molecule has 0 saturated carbocycles. The molecule has 0 aliphatic carbocycles. The topological polar surface area (TPSA) is 32.3 Å². The number of likely N-dealkylation sites (N-methyl/N-ethyl adjacent to an activating group) is 1. The summed E-state index contributed by atoms with van der Waals surface area (Å²) < 4.78 is 13.3. The molecule has 1 heterocycles. The highest BCUT2D eigenvalue weighted by Gasteiger charge is 2.29. The summed E-state index contributed by atoms with van der Waals surface area (Å²) in [6, 6.07) is 4.03. The number of anilines is 1. The predicted octanol–water partition coefficient (Wildman–Crippen LogP) is 2.58. The number of carbonyl (C=O) groups excluding carboxylic acids is 1. The van der Waals surface area contributed by atoms with Crippen molar-refractivity contribution in [3.63, 3.8) is 0 Å². The first-order valence-corrected chi connectivity index (χ1v) is 6.50. The van der Waals surface area contributed by atoms with Gasteiger partial charge in [-0.2, -0.15) is 0 Å². The van der Waals surface area contributed by atoms with Crippen molar-refractivity contribution in [3.05, 3.63) is 29.0 Å². The Morgan fingerprint density at radius 2 is 2.28 bits per heavy atom. The van der Waals surface area contributed by atoms with Crippen LogP contribution in [0.25, 0.3) is 0 Å². The lowest BCUT2D eigenvalue weighted by atomic mass is 10.0. The summed E-state index contributed by atoms with van der Waals surface area (Å²) >= 11 is 5.82. The van der Waals surface area contributed by atoms with Gasteiger partial charge in [0.05, 0.1) is 6.04 Å². The van der Waals surface area contributed by atoms with Crippen LogP contribution in [0.3, 0.4) is 0 Å². The van der Waals surface area contributed by atoms with Gasteiger partial charge in [-0.3, -0.25) is 4.79 Å². The van der Waals surface area contributed by atoms with Crippen LogP contribution < -0.4 is 10.2 Å². The van der Waals surface area contributed by atoms with Crippen LogP contribution in [0, 0.1) is 5.82 Å². The molecular weight excluding hydrogens is 255 g/mol. The van der Waals surface area contributed by atoms with Crippen LogP contribution in [0.15, 0.2) is 18.2 Å². The largest absolute Gasteiger partial charge is 0.311 e. The van der Waals surface area contributed by atoms with E-state index in [2.05, 4.69) is 5.32 Å². The van der Waals surface area contributed by atoms with Crippen LogP contribution >= 0.6 is 11.6 Å². The number of nitrogens with one attached hydrogen (secondary N) is 1. The highest BCUT2D eigenvalue weighted by atomic mass is 35.5. The Balaban J connectivity index is 2.23. The lowest BCUT2D eigenvalue weighted by molar-refractivity contribution is -0.121. The van der Waals surface area contributed by atoms with Gasteiger partial charge in [0.25, 0.3) is 0 Å². The second kappa shape index (κ2) is 5.67. The molecule has 0 spiro atoms. The summed E-state index contributed by atoms with van der Waals surface area (Å²) in [7, 11) is 0. The van der Waals surface area contributed by atoms with Crippen LogP contribution in [-0.2, 0) is 4.79 Å². The van der Waals surface area contributed by atoms with E-state index in [0.717, 1.165) is 19.4 Å². The molecule has 1 aliphatic heterocycles. The van der Waals surface area contributed by atoms with E-state index in [0.29, 0.717) is 17.3 Å². The van der Waals surface area contributed by atoms with Gasteiger partial charge in [0, 0.05) is 17.3 Å². The Morgan fingerprint density at radius 1 is 1.50 bits per heavy atom. The van der Waals surface area contributed by atoms with Gasteiger partial charge in [-0.15, -0.1) is 0 Å². The molecule has 1 unspecified atom stereocenters. The van der Waals surface area contributed by atoms with E-state index in [-0.39, 0.29) is 11.9 Å². The lowest BCUT2D eigenvalue weighted by Crippen LogP contribution is -2.50. The number of benzene rings is 1. The molecule has 1 aromatic rings. The summed E-state index contributed by atoms with van der Waals surface area (Å²) in [6.45, 7) is 3.32. The van der Waals surface area contributed by atoms with E-state index in [1.807, 2.05) is 6.92 Å². The van der Waals surface area contributed by atoms with E-state index >= 15 is 0 Å². The van der Waals surface area contributed by atoms with Crippen LogP contribution in [0.4, 0.5) is 10.1 Å². The summed E-state index contributed by atoms with van der Waals surface area (Å²) in [6.07, 6.45) is 1.73. The predicted molar refractivity (Wildman–Crippen MR) is 70.5 cm³/mol. The van der Waals surface area contributed by atoms with Gasteiger partial charge in [-0.05, 0) is 37.6 Å². The Labute approximate surface area is 111 Å². The van der Waals surface area contributed by atoms with E-state index in [9.17, 15) is 9.18 Å². The molecule has 2 rings (SSSR count). The maximum Gasteiger partial charge on any atom is 0.244 e. The number of carbonyl (C=O) groups is 1. The fraction of sp³-hybridized carbons (Fsp3) is 0.462. The standard InChI is InChI=1S/C13H16ClFN2O/c1-2-16-12-4-3-5-17(13(12)18)11-7-9(14)6-10(15)8-11/h6-8,12,16H,2-5H2,1H3. The number of amides is 1. The quantitative estimate of drug-likeness (QED) is 0.916. The Morgan fingerprint density at radius 3 is 2.94 bits per heavy atom. The van der Waals surface area contributed by atoms with Crippen molar-refractivity contribution in [2.45, 2.75) is 25.8 Å². The number of piperidine rings is 1. The van der Waals surface area contributed by atoms with Crippen LogP contribution in [-0.4, -0.2) is 25.0 Å². The highest BCUT2D eigenvalue weighted by Crippen LogP contribution is 2.25. The number of hydrogen-bond donors (Lipinski definition) is 1. The van der Waals surface area contributed by atoms with E-state index in [1.165, 1.54) is 12.1 Å². The zero-order valence-corrected chi connectivity index (χ0v) is 11.0. The fourth-order valence-electron chi connectivity index (χ4n) is 2.26. The van der Waals surface area contributed by atoms with Crippen molar-refractivity contribution in [1.29, 1.82) is 0 Å². The Kier molecular flexibility index (Phi) is 4.19. The molecule has 1 N–H and O–H groups in total. The Hall–Kier alpha value is -1.13. The molecular formula is C13H16ClFN2O. The highest BCUT2D eigenvalue weighted by molar-refractivity contribution is 6.31. The van der Waals surface area contributed by atoms with Crippen LogP contribution in [0.5, 0.6) is 0 Å². The SMILES string of the molecule is CCNC1CCCN(c2cc(F)cc(Cl)c2)C1=O. The van der Waals surface area contributed by atoms with E-state index < -0.39 is 5.82 Å². The minimum Gasteiger partial charge on any atom is -0.311 e. The van der Waals surface area contributed by atoms with Gasteiger partial charge >= 0.3 is 0 Å². The maximum absolute atomic E-state index is 13.3. The zero-order chi connectivity index (χ0) is 13.1. The lowest BCUT2D eigenvalue weighted by Gasteiger charge is -2.32. The molecule has 0 radical (unpaired) electrons. The van der Waals surface area contributed by atoms with Crippen molar-refractivity contribution in [1.82, 2.24) is 5.32 Å². The van der Waals surface area contributed by atoms with Crippen molar-refractivity contribution < 1.29 is 9.18 Å². The van der Waals surface area contributed by atoms with Crippen molar-refractivity contribution in [3.8, 4) is 0 Å². The Bertz CT molecular complexity index is 430. The van der Waals surface area contributed by atoms with Crippen molar-refractivity contribution in [2.75, 3.05) is 18.0 Å². The van der Waals surface area contributed by atoms with Gasteiger partial charge in [0.15, 0.2) is 0 Å². The molecule has 1 aliphatic rings. The van der Waals surface area contributed by atoms with Gasteiger partial charge in [-0.1, -0.05) is 18.5 Å². The molecule has 18 heavy (non-hydrogen) atoms. The molecule has 0 aromatic heterocycles. The van der Waals surface area contributed by atoms with Gasteiger partial charge in [-0.25, -0.2) is 4.39 Å². The van der Waals surface area contributed by atoms with Crippen LogP contribution in [0.1, 0.15) is 19.8 Å². The average Bonchev–Trinajstić information content (AvgIpc) is 2.31. The molecule has 1 atom stereocenters. The second-order valence-electron chi connectivity index (χ2n) is 4.37. The average molecular weight is 271 g/mol. The molecule has 1 amide bonds. The maximum atomic E-state index is 13.3.